The third kappa shape index (κ3) is 3.77. The number of ether oxygens (including phenoxy) is 2. The zero-order valence-corrected chi connectivity index (χ0v) is 8.53. The van der Waals surface area contributed by atoms with Crippen molar-refractivity contribution in [1.82, 2.24) is 0 Å². The lowest BCUT2D eigenvalue weighted by molar-refractivity contribution is 0.184. The Bertz CT molecular complexity index is 263. The van der Waals surface area contributed by atoms with Crippen LogP contribution in [-0.2, 0) is 11.3 Å². The molecule has 0 amide bonds. The van der Waals surface area contributed by atoms with Gasteiger partial charge in [0.15, 0.2) is 0 Å². The largest absolute Gasteiger partial charge is 0.494 e. The molecule has 0 saturated carbocycles. The van der Waals surface area contributed by atoms with E-state index in [0.29, 0.717) is 19.8 Å². The van der Waals surface area contributed by atoms with Crippen LogP contribution in [-0.4, -0.2) is 20.3 Å². The first-order valence-electron chi connectivity index (χ1n) is 4.77. The number of rotatable bonds is 6. The van der Waals surface area contributed by atoms with Gasteiger partial charge in [-0.2, -0.15) is 0 Å². The van der Waals surface area contributed by atoms with E-state index < -0.39 is 0 Å². The maximum Gasteiger partial charge on any atom is 0.119 e. The van der Waals surface area contributed by atoms with Gasteiger partial charge < -0.3 is 15.2 Å². The summed E-state index contributed by atoms with van der Waals surface area (Å²) in [6, 6.07) is 7.90. The minimum atomic E-state index is 0.619. The molecule has 1 aromatic carbocycles. The highest BCUT2D eigenvalue weighted by Crippen LogP contribution is 2.13. The highest BCUT2D eigenvalue weighted by molar-refractivity contribution is 5.28. The van der Waals surface area contributed by atoms with Crippen LogP contribution in [0.4, 0.5) is 0 Å². The van der Waals surface area contributed by atoms with Gasteiger partial charge in [-0.1, -0.05) is 12.1 Å². The lowest BCUT2D eigenvalue weighted by Crippen LogP contribution is -2.06. The molecule has 0 unspecified atom stereocenters. The minimum Gasteiger partial charge on any atom is -0.494 e. The standard InChI is InChI=1S/C11H17NO2/c1-13-9-10-4-2-5-11(8-10)14-7-3-6-12/h2,4-5,8H,3,6-7,9,12H2,1H3. The van der Waals surface area contributed by atoms with Crippen molar-refractivity contribution in [2.75, 3.05) is 20.3 Å². The maximum atomic E-state index is 5.50. The highest BCUT2D eigenvalue weighted by Gasteiger charge is 1.95. The van der Waals surface area contributed by atoms with E-state index in [2.05, 4.69) is 0 Å². The zero-order valence-electron chi connectivity index (χ0n) is 8.53. The quantitative estimate of drug-likeness (QED) is 0.701. The summed E-state index contributed by atoms with van der Waals surface area (Å²) in [5, 5.41) is 0. The Morgan fingerprint density at radius 1 is 1.36 bits per heavy atom. The van der Waals surface area contributed by atoms with Crippen LogP contribution >= 0.6 is 0 Å². The lowest BCUT2D eigenvalue weighted by Gasteiger charge is -2.06. The summed E-state index contributed by atoms with van der Waals surface area (Å²) in [7, 11) is 1.68. The zero-order chi connectivity index (χ0) is 10.2. The Balaban J connectivity index is 2.46. The van der Waals surface area contributed by atoms with Crippen LogP contribution in [0.1, 0.15) is 12.0 Å². The molecular weight excluding hydrogens is 178 g/mol. The molecule has 3 heteroatoms. The smallest absolute Gasteiger partial charge is 0.119 e. The molecule has 78 valence electrons. The number of hydrogen-bond acceptors (Lipinski definition) is 3. The van der Waals surface area contributed by atoms with Crippen molar-refractivity contribution >= 4 is 0 Å². The summed E-state index contributed by atoms with van der Waals surface area (Å²) in [5.41, 5.74) is 6.49. The van der Waals surface area contributed by atoms with Crippen LogP contribution in [0, 0.1) is 0 Å². The molecule has 0 aromatic heterocycles. The lowest BCUT2D eigenvalue weighted by atomic mass is 10.2. The highest BCUT2D eigenvalue weighted by atomic mass is 16.5. The average molecular weight is 195 g/mol. The fourth-order valence-corrected chi connectivity index (χ4v) is 1.17. The van der Waals surface area contributed by atoms with Crippen LogP contribution in [0.3, 0.4) is 0 Å². The van der Waals surface area contributed by atoms with Gasteiger partial charge >= 0.3 is 0 Å². The minimum absolute atomic E-state index is 0.619. The molecule has 0 saturated heterocycles. The SMILES string of the molecule is COCc1cccc(OCCCN)c1. The Hall–Kier alpha value is -1.06. The van der Waals surface area contributed by atoms with Gasteiger partial charge in [0.25, 0.3) is 0 Å². The molecule has 0 aliphatic rings. The Labute approximate surface area is 84.8 Å². The van der Waals surface area contributed by atoms with Crippen molar-refractivity contribution in [3.8, 4) is 5.75 Å². The predicted molar refractivity (Wildman–Crippen MR) is 56.3 cm³/mol. The van der Waals surface area contributed by atoms with Crippen molar-refractivity contribution in [3.63, 3.8) is 0 Å². The summed E-state index contributed by atoms with van der Waals surface area (Å²) in [4.78, 5) is 0. The van der Waals surface area contributed by atoms with Gasteiger partial charge in [-0.15, -0.1) is 0 Å². The molecule has 14 heavy (non-hydrogen) atoms. The molecule has 0 atom stereocenters. The van der Waals surface area contributed by atoms with Gasteiger partial charge in [-0.3, -0.25) is 0 Å². The van der Waals surface area contributed by atoms with Crippen LogP contribution in [0.2, 0.25) is 0 Å². The molecule has 3 nitrogen and oxygen atoms in total. The van der Waals surface area contributed by atoms with E-state index in [1.807, 2.05) is 24.3 Å². The Kier molecular flexibility index (Phi) is 5.04. The van der Waals surface area contributed by atoms with Crippen LogP contribution < -0.4 is 10.5 Å². The van der Waals surface area contributed by atoms with E-state index in [4.69, 9.17) is 15.2 Å². The van der Waals surface area contributed by atoms with E-state index in [1.165, 1.54) is 0 Å². The van der Waals surface area contributed by atoms with Crippen molar-refractivity contribution in [2.45, 2.75) is 13.0 Å². The van der Waals surface area contributed by atoms with Crippen molar-refractivity contribution in [2.24, 2.45) is 5.73 Å². The van der Waals surface area contributed by atoms with Crippen LogP contribution in [0.5, 0.6) is 5.75 Å². The normalized spacial score (nSPS) is 10.1. The second kappa shape index (κ2) is 6.40. The fourth-order valence-electron chi connectivity index (χ4n) is 1.17. The van der Waals surface area contributed by atoms with E-state index >= 15 is 0 Å². The van der Waals surface area contributed by atoms with E-state index in [0.717, 1.165) is 17.7 Å². The fraction of sp³-hybridized carbons (Fsp3) is 0.455. The van der Waals surface area contributed by atoms with Gasteiger partial charge in [0.1, 0.15) is 5.75 Å². The third-order valence-electron chi connectivity index (χ3n) is 1.83. The molecule has 0 heterocycles. The van der Waals surface area contributed by atoms with Gasteiger partial charge in [-0.05, 0) is 30.7 Å². The van der Waals surface area contributed by atoms with Gasteiger partial charge in [0, 0.05) is 7.11 Å². The van der Waals surface area contributed by atoms with E-state index in [1.54, 1.807) is 7.11 Å². The van der Waals surface area contributed by atoms with E-state index in [9.17, 15) is 0 Å². The van der Waals surface area contributed by atoms with E-state index in [-0.39, 0.29) is 0 Å². The molecular formula is C11H17NO2. The molecule has 0 fully saturated rings. The summed E-state index contributed by atoms with van der Waals surface area (Å²) in [6.45, 7) is 1.96. The molecule has 0 aliphatic carbocycles. The van der Waals surface area contributed by atoms with Crippen LogP contribution in [0.15, 0.2) is 24.3 Å². The predicted octanol–water partition coefficient (Wildman–Crippen LogP) is 1.56. The number of methoxy groups -OCH3 is 1. The molecule has 2 N–H and O–H groups in total. The number of hydrogen-bond donors (Lipinski definition) is 1. The monoisotopic (exact) mass is 195 g/mol. The molecule has 0 spiro atoms. The molecule has 1 aromatic rings. The Morgan fingerprint density at radius 2 is 2.21 bits per heavy atom. The van der Waals surface area contributed by atoms with Gasteiger partial charge in [-0.25, -0.2) is 0 Å². The van der Waals surface area contributed by atoms with Crippen molar-refractivity contribution in [1.29, 1.82) is 0 Å². The second-order valence-corrected chi connectivity index (χ2v) is 3.07. The van der Waals surface area contributed by atoms with Gasteiger partial charge in [0.05, 0.1) is 13.2 Å². The van der Waals surface area contributed by atoms with Gasteiger partial charge in [0.2, 0.25) is 0 Å². The topological polar surface area (TPSA) is 44.5 Å². The molecule has 0 radical (unpaired) electrons. The van der Waals surface area contributed by atoms with Crippen molar-refractivity contribution in [3.05, 3.63) is 29.8 Å². The summed E-state index contributed by atoms with van der Waals surface area (Å²) < 4.78 is 10.5. The second-order valence-electron chi connectivity index (χ2n) is 3.07. The van der Waals surface area contributed by atoms with Crippen LogP contribution in [0.25, 0.3) is 0 Å². The first-order valence-corrected chi connectivity index (χ1v) is 4.77. The number of nitrogens with two attached hydrogens (primary N) is 1. The first kappa shape index (κ1) is 11.0. The molecule has 1 rings (SSSR count). The average Bonchev–Trinajstić information content (AvgIpc) is 2.19. The summed E-state index contributed by atoms with van der Waals surface area (Å²) in [5.74, 6) is 0.882. The molecule has 0 aliphatic heterocycles. The first-order chi connectivity index (χ1) is 6.86. The maximum absolute atomic E-state index is 5.50. The van der Waals surface area contributed by atoms with Crippen molar-refractivity contribution < 1.29 is 9.47 Å². The third-order valence-corrected chi connectivity index (χ3v) is 1.83. The summed E-state index contributed by atoms with van der Waals surface area (Å²) in [6.07, 6.45) is 0.883. The summed E-state index contributed by atoms with van der Waals surface area (Å²) >= 11 is 0. The Morgan fingerprint density at radius 3 is 2.93 bits per heavy atom. The number of benzene rings is 1. The molecule has 0 bridgehead atoms.